The van der Waals surface area contributed by atoms with Gasteiger partial charge in [-0.15, -0.1) is 0 Å². The summed E-state index contributed by atoms with van der Waals surface area (Å²) in [6.07, 6.45) is 3.04. The normalized spacial score (nSPS) is 15.2. The van der Waals surface area contributed by atoms with Crippen LogP contribution < -0.4 is 0 Å². The van der Waals surface area contributed by atoms with Crippen LogP contribution in [0.4, 0.5) is 8.78 Å². The maximum atomic E-state index is 14.0. The smallest absolute Gasteiger partial charge is 0.253 e. The van der Waals surface area contributed by atoms with Crippen molar-refractivity contribution in [1.29, 1.82) is 0 Å². The van der Waals surface area contributed by atoms with E-state index in [1.807, 2.05) is 12.1 Å². The molecule has 1 amide bonds. The second-order valence-corrected chi connectivity index (χ2v) is 8.97. The summed E-state index contributed by atoms with van der Waals surface area (Å²) < 4.78 is 55.5. The molecule has 1 aliphatic heterocycles. The Morgan fingerprint density at radius 3 is 2.35 bits per heavy atom. The van der Waals surface area contributed by atoms with Gasteiger partial charge in [-0.2, -0.15) is 9.40 Å². The number of halogens is 2. The minimum Gasteiger partial charge on any atom is -0.336 e. The van der Waals surface area contributed by atoms with Gasteiger partial charge in [0.2, 0.25) is 10.0 Å². The van der Waals surface area contributed by atoms with Gasteiger partial charge in [-0.25, -0.2) is 26.9 Å². The summed E-state index contributed by atoms with van der Waals surface area (Å²) in [5.74, 6) is -2.06. The van der Waals surface area contributed by atoms with E-state index < -0.39 is 26.6 Å². The van der Waals surface area contributed by atoms with Crippen LogP contribution in [0.25, 0.3) is 0 Å². The molecular formula is C20H19F2N5O3S. The van der Waals surface area contributed by atoms with Gasteiger partial charge in [0.1, 0.15) is 29.2 Å². The molecule has 4 rings (SSSR count). The van der Waals surface area contributed by atoms with Crippen LogP contribution in [0.15, 0.2) is 60.0 Å². The Morgan fingerprint density at radius 2 is 1.71 bits per heavy atom. The highest BCUT2D eigenvalue weighted by Crippen LogP contribution is 2.22. The predicted molar refractivity (Wildman–Crippen MR) is 107 cm³/mol. The fourth-order valence-corrected chi connectivity index (χ4v) is 4.88. The molecule has 0 radical (unpaired) electrons. The van der Waals surface area contributed by atoms with Crippen LogP contribution in [0, 0.1) is 11.6 Å². The molecule has 0 spiro atoms. The lowest BCUT2D eigenvalue weighted by Crippen LogP contribution is -2.50. The zero-order valence-electron chi connectivity index (χ0n) is 16.4. The van der Waals surface area contributed by atoms with Crippen molar-refractivity contribution >= 4 is 15.9 Å². The summed E-state index contributed by atoms with van der Waals surface area (Å²) in [6, 6.07) is 9.38. The van der Waals surface area contributed by atoms with Gasteiger partial charge in [0.15, 0.2) is 0 Å². The fourth-order valence-electron chi connectivity index (χ4n) is 3.38. The van der Waals surface area contributed by atoms with Crippen molar-refractivity contribution in [2.45, 2.75) is 11.4 Å². The van der Waals surface area contributed by atoms with Crippen molar-refractivity contribution in [2.24, 2.45) is 0 Å². The minimum absolute atomic E-state index is 0.00555. The zero-order valence-corrected chi connectivity index (χ0v) is 17.2. The quantitative estimate of drug-likeness (QED) is 0.595. The van der Waals surface area contributed by atoms with E-state index in [0.717, 1.165) is 22.0 Å². The van der Waals surface area contributed by atoms with Gasteiger partial charge < -0.3 is 4.90 Å². The van der Waals surface area contributed by atoms with Crippen LogP contribution in [-0.2, 0) is 16.6 Å². The van der Waals surface area contributed by atoms with Gasteiger partial charge in [0.05, 0.1) is 6.54 Å². The molecule has 0 bridgehead atoms. The first kappa shape index (κ1) is 21.1. The highest BCUT2D eigenvalue weighted by atomic mass is 32.2. The molecule has 8 nitrogen and oxygen atoms in total. The molecule has 2 heterocycles. The Balaban J connectivity index is 1.40. The van der Waals surface area contributed by atoms with E-state index in [4.69, 9.17) is 0 Å². The Morgan fingerprint density at radius 1 is 1.00 bits per heavy atom. The Labute approximate surface area is 177 Å². The highest BCUT2D eigenvalue weighted by Gasteiger charge is 2.32. The summed E-state index contributed by atoms with van der Waals surface area (Å²) >= 11 is 0. The first-order valence-corrected chi connectivity index (χ1v) is 10.9. The van der Waals surface area contributed by atoms with Crippen LogP contribution in [0.1, 0.15) is 15.9 Å². The number of amides is 1. The Bertz CT molecular complexity index is 1180. The number of aromatic nitrogens is 3. The van der Waals surface area contributed by atoms with Crippen LogP contribution in [-0.4, -0.2) is 64.5 Å². The number of carbonyl (C=O) groups excluding carboxylic acids is 1. The molecule has 0 saturated carbocycles. The van der Waals surface area contributed by atoms with Crippen molar-refractivity contribution in [2.75, 3.05) is 26.2 Å². The van der Waals surface area contributed by atoms with Gasteiger partial charge in [0, 0.05) is 31.7 Å². The van der Waals surface area contributed by atoms with Gasteiger partial charge in [0.25, 0.3) is 5.91 Å². The molecule has 3 aromatic rings. The summed E-state index contributed by atoms with van der Waals surface area (Å²) in [7, 11) is -4.19. The predicted octanol–water partition coefficient (Wildman–Crippen LogP) is 1.75. The van der Waals surface area contributed by atoms with Crippen LogP contribution in [0.5, 0.6) is 0 Å². The van der Waals surface area contributed by atoms with E-state index in [1.54, 1.807) is 28.0 Å². The molecule has 162 valence electrons. The highest BCUT2D eigenvalue weighted by molar-refractivity contribution is 7.89. The number of carbonyl (C=O) groups is 1. The van der Waals surface area contributed by atoms with Crippen LogP contribution >= 0.6 is 0 Å². The first-order chi connectivity index (χ1) is 14.8. The van der Waals surface area contributed by atoms with E-state index in [9.17, 15) is 22.0 Å². The lowest BCUT2D eigenvalue weighted by atomic mass is 10.1. The average molecular weight is 447 g/mol. The van der Waals surface area contributed by atoms with Gasteiger partial charge in [-0.3, -0.25) is 4.79 Å². The molecule has 0 aliphatic carbocycles. The third-order valence-corrected chi connectivity index (χ3v) is 6.96. The van der Waals surface area contributed by atoms with Crippen molar-refractivity contribution < 1.29 is 22.0 Å². The minimum atomic E-state index is -4.19. The van der Waals surface area contributed by atoms with Gasteiger partial charge in [-0.05, 0) is 35.9 Å². The summed E-state index contributed by atoms with van der Waals surface area (Å²) in [5.41, 5.74) is 1.44. The molecule has 1 aromatic heterocycles. The Kier molecular flexibility index (Phi) is 5.79. The summed E-state index contributed by atoms with van der Waals surface area (Å²) in [4.78, 5) is 17.5. The summed E-state index contributed by atoms with van der Waals surface area (Å²) in [6.45, 7) is 0.815. The third-order valence-electron chi connectivity index (χ3n) is 5.05. The molecule has 0 N–H and O–H groups in total. The molecular weight excluding hydrogens is 428 g/mol. The number of nitrogens with zero attached hydrogens (tertiary/aromatic N) is 5. The van der Waals surface area contributed by atoms with E-state index in [2.05, 4.69) is 10.1 Å². The van der Waals surface area contributed by atoms with Crippen molar-refractivity contribution in [3.63, 3.8) is 0 Å². The number of hydrogen-bond donors (Lipinski definition) is 0. The second-order valence-electron chi connectivity index (χ2n) is 7.06. The van der Waals surface area contributed by atoms with E-state index >= 15 is 0 Å². The van der Waals surface area contributed by atoms with E-state index in [-0.39, 0.29) is 32.1 Å². The maximum absolute atomic E-state index is 14.0. The first-order valence-electron chi connectivity index (χ1n) is 9.50. The lowest BCUT2D eigenvalue weighted by Gasteiger charge is -2.34. The molecule has 2 aromatic carbocycles. The Hall–Kier alpha value is -3.18. The monoisotopic (exact) mass is 447 g/mol. The van der Waals surface area contributed by atoms with Crippen molar-refractivity contribution in [3.8, 4) is 0 Å². The van der Waals surface area contributed by atoms with E-state index in [1.165, 1.54) is 6.33 Å². The molecule has 31 heavy (non-hydrogen) atoms. The van der Waals surface area contributed by atoms with Crippen LogP contribution in [0.3, 0.4) is 0 Å². The SMILES string of the molecule is O=C(c1ccc(Cn2cncn2)cc1)N1CCN(S(=O)(=O)c2cc(F)ccc2F)CC1. The largest absolute Gasteiger partial charge is 0.336 e. The zero-order chi connectivity index (χ0) is 22.0. The molecule has 1 fully saturated rings. The van der Waals surface area contributed by atoms with Crippen molar-refractivity contribution in [3.05, 3.63) is 77.9 Å². The molecule has 11 heteroatoms. The second kappa shape index (κ2) is 8.52. The molecule has 1 aliphatic rings. The average Bonchev–Trinajstić information content (AvgIpc) is 3.28. The standard InChI is InChI=1S/C20H19F2N5O3S/c21-17-5-6-18(22)19(11-17)31(29,30)27-9-7-25(8-10-27)20(28)16-3-1-15(2-4-16)12-26-14-23-13-24-26/h1-6,11,13-14H,7-10,12H2. The summed E-state index contributed by atoms with van der Waals surface area (Å²) in [5, 5.41) is 4.03. The number of rotatable bonds is 5. The number of benzene rings is 2. The molecule has 1 saturated heterocycles. The molecule has 0 unspecified atom stereocenters. The van der Waals surface area contributed by atoms with E-state index in [0.29, 0.717) is 18.2 Å². The third kappa shape index (κ3) is 4.47. The van der Waals surface area contributed by atoms with Crippen molar-refractivity contribution in [1.82, 2.24) is 24.0 Å². The lowest BCUT2D eigenvalue weighted by molar-refractivity contribution is 0.0697. The topological polar surface area (TPSA) is 88.4 Å². The number of piperazine rings is 1. The fraction of sp³-hybridized carbons (Fsp3) is 0.250. The van der Waals surface area contributed by atoms with Gasteiger partial charge >= 0.3 is 0 Å². The van der Waals surface area contributed by atoms with Crippen LogP contribution in [0.2, 0.25) is 0 Å². The number of sulfonamides is 1. The maximum Gasteiger partial charge on any atom is 0.253 e. The number of hydrogen-bond acceptors (Lipinski definition) is 5. The van der Waals surface area contributed by atoms with Gasteiger partial charge in [-0.1, -0.05) is 12.1 Å². The molecule has 0 atom stereocenters.